The molecule has 1 amide bonds. The number of halogens is 2. The zero-order valence-electron chi connectivity index (χ0n) is 14.4. The first-order valence-electron chi connectivity index (χ1n) is 8.43. The molecule has 1 saturated heterocycles. The molecule has 144 valence electrons. The van der Waals surface area contributed by atoms with Crippen molar-refractivity contribution in [1.82, 2.24) is 14.6 Å². The van der Waals surface area contributed by atoms with E-state index in [2.05, 4.69) is 10.3 Å². The first-order chi connectivity index (χ1) is 12.8. The van der Waals surface area contributed by atoms with Gasteiger partial charge >= 0.3 is 0 Å². The summed E-state index contributed by atoms with van der Waals surface area (Å²) in [6.45, 7) is 0.271. The van der Waals surface area contributed by atoms with Gasteiger partial charge < -0.3 is 5.32 Å². The standard InChI is InChI=1S/C18H19ClFN3O3S/c19-17-3-1-15(20)9-14(17)12-27(25,26)23(10-13-5-7-21-8-6-13)11-16-2-4-18(24)22-16/h1,3,5-9,16H,2,4,10-12H2,(H,22,24)/t16-/m0/s1. The second kappa shape index (κ2) is 8.33. The number of hydrogen-bond acceptors (Lipinski definition) is 4. The highest BCUT2D eigenvalue weighted by molar-refractivity contribution is 7.88. The molecule has 0 aliphatic carbocycles. The predicted octanol–water partition coefficient (Wildman–Crippen LogP) is 2.48. The number of benzene rings is 1. The summed E-state index contributed by atoms with van der Waals surface area (Å²) in [7, 11) is -3.81. The van der Waals surface area contributed by atoms with E-state index in [1.54, 1.807) is 24.5 Å². The lowest BCUT2D eigenvalue weighted by molar-refractivity contribution is -0.119. The minimum Gasteiger partial charge on any atom is -0.352 e. The average molecular weight is 412 g/mol. The molecule has 6 nitrogen and oxygen atoms in total. The van der Waals surface area contributed by atoms with Gasteiger partial charge in [-0.05, 0) is 47.9 Å². The van der Waals surface area contributed by atoms with Crippen molar-refractivity contribution in [2.45, 2.75) is 31.2 Å². The second-order valence-electron chi connectivity index (χ2n) is 6.44. The molecule has 1 aliphatic heterocycles. The largest absolute Gasteiger partial charge is 0.352 e. The van der Waals surface area contributed by atoms with Crippen molar-refractivity contribution < 1.29 is 17.6 Å². The SMILES string of the molecule is O=C1CC[C@@H](CN(Cc2ccncc2)S(=O)(=O)Cc2cc(F)ccc2Cl)N1. The highest BCUT2D eigenvalue weighted by Crippen LogP contribution is 2.23. The molecule has 0 saturated carbocycles. The number of sulfonamides is 1. The molecule has 27 heavy (non-hydrogen) atoms. The molecule has 0 unspecified atom stereocenters. The van der Waals surface area contributed by atoms with E-state index in [1.807, 2.05) is 0 Å². The summed E-state index contributed by atoms with van der Waals surface area (Å²) in [5.74, 6) is -1.06. The number of nitrogens with one attached hydrogen (secondary N) is 1. The first-order valence-corrected chi connectivity index (χ1v) is 10.4. The van der Waals surface area contributed by atoms with E-state index >= 15 is 0 Å². The molecule has 1 atom stereocenters. The van der Waals surface area contributed by atoms with Gasteiger partial charge in [0, 0.05) is 43.0 Å². The van der Waals surface area contributed by atoms with Gasteiger partial charge in [0.15, 0.2) is 0 Å². The van der Waals surface area contributed by atoms with Crippen LogP contribution in [0.15, 0.2) is 42.7 Å². The zero-order chi connectivity index (χ0) is 19.4. The molecule has 1 N–H and O–H groups in total. The average Bonchev–Trinajstić information content (AvgIpc) is 3.03. The number of rotatable bonds is 7. The summed E-state index contributed by atoms with van der Waals surface area (Å²) in [4.78, 5) is 15.4. The van der Waals surface area contributed by atoms with Crippen LogP contribution in [0.1, 0.15) is 24.0 Å². The molecule has 1 aliphatic rings. The third-order valence-corrected chi connectivity index (χ3v) is 6.47. The van der Waals surface area contributed by atoms with Gasteiger partial charge in [-0.2, -0.15) is 4.31 Å². The van der Waals surface area contributed by atoms with E-state index in [9.17, 15) is 17.6 Å². The number of carbonyl (C=O) groups is 1. The van der Waals surface area contributed by atoms with Crippen molar-refractivity contribution in [2.24, 2.45) is 0 Å². The summed E-state index contributed by atoms with van der Waals surface area (Å²) in [5.41, 5.74) is 0.968. The summed E-state index contributed by atoms with van der Waals surface area (Å²) < 4.78 is 40.9. The topological polar surface area (TPSA) is 79.4 Å². The normalized spacial score (nSPS) is 17.3. The molecule has 0 bridgehead atoms. The van der Waals surface area contributed by atoms with E-state index in [0.29, 0.717) is 12.8 Å². The third kappa shape index (κ3) is 5.24. The van der Waals surface area contributed by atoms with Crippen molar-refractivity contribution >= 4 is 27.5 Å². The van der Waals surface area contributed by atoms with Crippen LogP contribution < -0.4 is 5.32 Å². The lowest BCUT2D eigenvalue weighted by Crippen LogP contribution is -2.42. The number of hydrogen-bond donors (Lipinski definition) is 1. The van der Waals surface area contributed by atoms with E-state index in [1.165, 1.54) is 16.4 Å². The highest BCUT2D eigenvalue weighted by Gasteiger charge is 2.30. The van der Waals surface area contributed by atoms with Crippen LogP contribution in [-0.4, -0.2) is 36.2 Å². The molecule has 1 fully saturated rings. The molecule has 3 rings (SSSR count). The Kier molecular flexibility index (Phi) is 6.08. The lowest BCUT2D eigenvalue weighted by atomic mass is 10.2. The number of pyridine rings is 1. The van der Waals surface area contributed by atoms with Crippen LogP contribution in [0.5, 0.6) is 0 Å². The summed E-state index contributed by atoms with van der Waals surface area (Å²) in [5, 5.41) is 2.98. The van der Waals surface area contributed by atoms with Crippen molar-refractivity contribution in [3.63, 3.8) is 0 Å². The van der Waals surface area contributed by atoms with Crippen LogP contribution in [0, 0.1) is 5.82 Å². The van der Waals surface area contributed by atoms with Gasteiger partial charge in [-0.15, -0.1) is 0 Å². The van der Waals surface area contributed by atoms with Gasteiger partial charge in [0.1, 0.15) is 5.82 Å². The molecule has 2 heterocycles. The van der Waals surface area contributed by atoms with Gasteiger partial charge in [0.25, 0.3) is 0 Å². The molecular formula is C18H19ClFN3O3S. The van der Waals surface area contributed by atoms with Crippen molar-refractivity contribution in [3.05, 3.63) is 64.7 Å². The summed E-state index contributed by atoms with van der Waals surface area (Å²) in [6, 6.07) is 6.85. The molecule has 1 aromatic carbocycles. The molecular weight excluding hydrogens is 393 g/mol. The Balaban J connectivity index is 1.85. The maximum absolute atomic E-state index is 13.5. The fraction of sp³-hybridized carbons (Fsp3) is 0.333. The first kappa shape index (κ1) is 19.7. The van der Waals surface area contributed by atoms with Crippen LogP contribution in [-0.2, 0) is 27.1 Å². The fourth-order valence-electron chi connectivity index (χ4n) is 2.97. The van der Waals surface area contributed by atoms with Crippen LogP contribution in [0.25, 0.3) is 0 Å². The fourth-order valence-corrected chi connectivity index (χ4v) is 4.80. The lowest BCUT2D eigenvalue weighted by Gasteiger charge is -2.25. The van der Waals surface area contributed by atoms with Crippen LogP contribution in [0.2, 0.25) is 5.02 Å². The Morgan fingerprint density at radius 1 is 1.26 bits per heavy atom. The van der Waals surface area contributed by atoms with E-state index in [4.69, 9.17) is 11.6 Å². The molecule has 2 aromatic rings. The van der Waals surface area contributed by atoms with Crippen LogP contribution >= 0.6 is 11.6 Å². The summed E-state index contributed by atoms with van der Waals surface area (Å²) >= 11 is 6.04. The smallest absolute Gasteiger partial charge is 0.220 e. The van der Waals surface area contributed by atoms with Gasteiger partial charge in [-0.1, -0.05) is 11.6 Å². The minimum atomic E-state index is -3.81. The van der Waals surface area contributed by atoms with Crippen LogP contribution in [0.4, 0.5) is 4.39 Å². The maximum Gasteiger partial charge on any atom is 0.220 e. The van der Waals surface area contributed by atoms with Gasteiger partial charge in [0.2, 0.25) is 15.9 Å². The van der Waals surface area contributed by atoms with E-state index < -0.39 is 21.6 Å². The Bertz CT molecular complexity index is 925. The number of aromatic nitrogens is 1. The molecule has 0 radical (unpaired) electrons. The highest BCUT2D eigenvalue weighted by atomic mass is 35.5. The molecule has 9 heteroatoms. The number of amides is 1. The monoisotopic (exact) mass is 411 g/mol. The predicted molar refractivity (Wildman–Crippen MR) is 99.8 cm³/mol. The Hall–Kier alpha value is -2.03. The Morgan fingerprint density at radius 3 is 2.67 bits per heavy atom. The van der Waals surface area contributed by atoms with Crippen molar-refractivity contribution in [1.29, 1.82) is 0 Å². The van der Waals surface area contributed by atoms with Crippen molar-refractivity contribution in [3.8, 4) is 0 Å². The van der Waals surface area contributed by atoms with Crippen molar-refractivity contribution in [2.75, 3.05) is 6.54 Å². The Morgan fingerprint density at radius 2 is 2.00 bits per heavy atom. The third-order valence-electron chi connectivity index (χ3n) is 4.36. The number of nitrogens with zero attached hydrogens (tertiary/aromatic N) is 2. The maximum atomic E-state index is 13.5. The second-order valence-corrected chi connectivity index (χ2v) is 8.82. The molecule has 1 aromatic heterocycles. The van der Waals surface area contributed by atoms with Gasteiger partial charge in [-0.3, -0.25) is 9.78 Å². The minimum absolute atomic E-state index is 0.0885. The quantitative estimate of drug-likeness (QED) is 0.759. The van der Waals surface area contributed by atoms with E-state index in [-0.39, 0.29) is 35.6 Å². The number of carbonyl (C=O) groups excluding carboxylic acids is 1. The molecule has 0 spiro atoms. The summed E-state index contributed by atoms with van der Waals surface area (Å²) in [6.07, 6.45) is 4.12. The van der Waals surface area contributed by atoms with Crippen LogP contribution in [0.3, 0.4) is 0 Å². The Labute approximate surface area is 162 Å². The van der Waals surface area contributed by atoms with Gasteiger partial charge in [0.05, 0.1) is 5.75 Å². The van der Waals surface area contributed by atoms with Gasteiger partial charge in [-0.25, -0.2) is 12.8 Å². The zero-order valence-corrected chi connectivity index (χ0v) is 16.0. The van der Waals surface area contributed by atoms with E-state index in [0.717, 1.165) is 11.6 Å².